The first kappa shape index (κ1) is 15.5. The minimum absolute atomic E-state index is 0.353. The number of ether oxygens (including phenoxy) is 1. The second kappa shape index (κ2) is 7.77. The Kier molecular flexibility index (Phi) is 6.68. The third-order valence-corrected chi connectivity index (χ3v) is 3.68. The van der Waals surface area contributed by atoms with Crippen LogP contribution in [-0.4, -0.2) is 33.4 Å². The normalized spacial score (nSPS) is 12.5. The summed E-state index contributed by atoms with van der Waals surface area (Å²) in [4.78, 5) is 2.23. The van der Waals surface area contributed by atoms with Crippen LogP contribution in [0, 0.1) is 0 Å². The minimum atomic E-state index is 0.353. The molecular formula is C14H23BrN2O. The molecule has 1 unspecified atom stereocenters. The molecule has 0 saturated heterocycles. The van der Waals surface area contributed by atoms with Crippen molar-refractivity contribution in [2.45, 2.75) is 26.4 Å². The smallest absolute Gasteiger partial charge is 0.0663 e. The molecule has 1 atom stereocenters. The number of hydrogen-bond acceptors (Lipinski definition) is 3. The van der Waals surface area contributed by atoms with Crippen molar-refractivity contribution in [1.29, 1.82) is 0 Å². The van der Waals surface area contributed by atoms with Crippen LogP contribution in [0.1, 0.15) is 19.4 Å². The predicted molar refractivity (Wildman–Crippen MR) is 81.3 cm³/mol. The fraction of sp³-hybridized carbons (Fsp3) is 0.571. The molecule has 3 nitrogen and oxygen atoms in total. The highest BCUT2D eigenvalue weighted by Gasteiger charge is 2.12. The van der Waals surface area contributed by atoms with E-state index < -0.39 is 0 Å². The molecule has 1 aromatic rings. The molecule has 1 N–H and O–H groups in total. The number of methoxy groups -OCH3 is 1. The Balaban J connectivity index is 2.78. The Morgan fingerprint density at radius 3 is 2.72 bits per heavy atom. The molecule has 0 heterocycles. The fourth-order valence-electron chi connectivity index (χ4n) is 1.81. The SMILES string of the molecule is CCNCc1ccc(N(C)C(C)COC)c(Br)c1. The number of nitrogens with zero attached hydrogens (tertiary/aromatic N) is 1. The van der Waals surface area contributed by atoms with Crippen LogP contribution < -0.4 is 10.2 Å². The molecule has 0 spiro atoms. The maximum absolute atomic E-state index is 5.20. The predicted octanol–water partition coefficient (Wildman–Crippen LogP) is 3.03. The molecule has 0 radical (unpaired) electrons. The van der Waals surface area contributed by atoms with Gasteiger partial charge in [0.2, 0.25) is 0 Å². The summed E-state index contributed by atoms with van der Waals surface area (Å²) in [7, 11) is 3.83. The number of nitrogens with one attached hydrogen (secondary N) is 1. The van der Waals surface area contributed by atoms with E-state index >= 15 is 0 Å². The molecule has 0 aliphatic rings. The lowest BCUT2D eigenvalue weighted by atomic mass is 10.1. The van der Waals surface area contributed by atoms with Crippen molar-refractivity contribution in [2.75, 3.05) is 32.2 Å². The van der Waals surface area contributed by atoms with Gasteiger partial charge in [0.15, 0.2) is 0 Å². The number of likely N-dealkylation sites (N-methyl/N-ethyl adjacent to an activating group) is 1. The first-order valence-corrected chi connectivity index (χ1v) is 7.10. The van der Waals surface area contributed by atoms with Gasteiger partial charge >= 0.3 is 0 Å². The second-order valence-electron chi connectivity index (χ2n) is 4.48. The van der Waals surface area contributed by atoms with Gasteiger partial charge in [0.1, 0.15) is 0 Å². The number of halogens is 1. The maximum Gasteiger partial charge on any atom is 0.0663 e. The average molecular weight is 315 g/mol. The molecule has 4 heteroatoms. The lowest BCUT2D eigenvalue weighted by Gasteiger charge is -2.27. The number of hydrogen-bond donors (Lipinski definition) is 1. The Hall–Kier alpha value is -0.580. The van der Waals surface area contributed by atoms with Crippen molar-refractivity contribution in [3.8, 4) is 0 Å². The summed E-state index contributed by atoms with van der Waals surface area (Å²) in [5, 5.41) is 3.33. The zero-order chi connectivity index (χ0) is 13.5. The van der Waals surface area contributed by atoms with Crippen LogP contribution in [0.5, 0.6) is 0 Å². The molecule has 0 aliphatic carbocycles. The summed E-state index contributed by atoms with van der Waals surface area (Å²) in [6.07, 6.45) is 0. The third-order valence-electron chi connectivity index (χ3n) is 3.04. The van der Waals surface area contributed by atoms with Gasteiger partial charge in [-0.3, -0.25) is 0 Å². The second-order valence-corrected chi connectivity index (χ2v) is 5.34. The summed E-state index contributed by atoms with van der Waals surface area (Å²) < 4.78 is 6.32. The van der Waals surface area contributed by atoms with E-state index in [4.69, 9.17) is 4.74 Å². The molecule has 0 aromatic heterocycles. The zero-order valence-corrected chi connectivity index (χ0v) is 13.3. The molecular weight excluding hydrogens is 292 g/mol. The van der Waals surface area contributed by atoms with Gasteiger partial charge in [0.25, 0.3) is 0 Å². The van der Waals surface area contributed by atoms with Crippen LogP contribution in [0.4, 0.5) is 5.69 Å². The minimum Gasteiger partial charge on any atom is -0.383 e. The van der Waals surface area contributed by atoms with E-state index in [2.05, 4.69) is 65.2 Å². The highest BCUT2D eigenvalue weighted by atomic mass is 79.9. The van der Waals surface area contributed by atoms with Crippen LogP contribution in [-0.2, 0) is 11.3 Å². The lowest BCUT2D eigenvalue weighted by molar-refractivity contribution is 0.183. The van der Waals surface area contributed by atoms with E-state index in [-0.39, 0.29) is 0 Å². The van der Waals surface area contributed by atoms with Gasteiger partial charge in [0, 0.05) is 31.2 Å². The summed E-state index contributed by atoms with van der Waals surface area (Å²) >= 11 is 3.65. The summed E-state index contributed by atoms with van der Waals surface area (Å²) in [6.45, 7) is 6.89. The molecule has 0 saturated carbocycles. The number of rotatable bonds is 7. The van der Waals surface area contributed by atoms with Crippen molar-refractivity contribution in [2.24, 2.45) is 0 Å². The van der Waals surface area contributed by atoms with Gasteiger partial charge in [-0.15, -0.1) is 0 Å². The van der Waals surface area contributed by atoms with E-state index in [1.165, 1.54) is 11.3 Å². The van der Waals surface area contributed by atoms with Gasteiger partial charge in [0.05, 0.1) is 12.3 Å². The summed E-state index contributed by atoms with van der Waals surface area (Å²) in [5.41, 5.74) is 2.49. The standard InChI is InChI=1S/C14H23BrN2O/c1-5-16-9-12-6-7-14(13(15)8-12)17(3)11(2)10-18-4/h6-8,11,16H,5,9-10H2,1-4H3. The van der Waals surface area contributed by atoms with Crippen molar-refractivity contribution in [1.82, 2.24) is 5.32 Å². The highest BCUT2D eigenvalue weighted by Crippen LogP contribution is 2.27. The Morgan fingerprint density at radius 2 is 2.17 bits per heavy atom. The van der Waals surface area contributed by atoms with Crippen molar-refractivity contribution in [3.05, 3.63) is 28.2 Å². The number of anilines is 1. The summed E-state index contributed by atoms with van der Waals surface area (Å²) in [5.74, 6) is 0. The Morgan fingerprint density at radius 1 is 1.44 bits per heavy atom. The molecule has 1 aromatic carbocycles. The first-order chi connectivity index (χ1) is 8.60. The van der Waals surface area contributed by atoms with E-state index in [9.17, 15) is 0 Å². The quantitative estimate of drug-likeness (QED) is 0.837. The van der Waals surface area contributed by atoms with Gasteiger partial charge < -0.3 is 15.0 Å². The van der Waals surface area contributed by atoms with Crippen LogP contribution in [0.3, 0.4) is 0 Å². The maximum atomic E-state index is 5.20. The van der Waals surface area contributed by atoms with Gasteiger partial charge in [-0.2, -0.15) is 0 Å². The number of benzene rings is 1. The average Bonchev–Trinajstić information content (AvgIpc) is 2.36. The van der Waals surface area contributed by atoms with Crippen molar-refractivity contribution < 1.29 is 4.74 Å². The van der Waals surface area contributed by atoms with Crippen molar-refractivity contribution in [3.63, 3.8) is 0 Å². The van der Waals surface area contributed by atoms with E-state index in [0.29, 0.717) is 6.04 Å². The lowest BCUT2D eigenvalue weighted by Crippen LogP contribution is -2.32. The largest absolute Gasteiger partial charge is 0.383 e. The van der Waals surface area contributed by atoms with Crippen molar-refractivity contribution >= 4 is 21.6 Å². The topological polar surface area (TPSA) is 24.5 Å². The molecule has 0 bridgehead atoms. The van der Waals surface area contributed by atoms with Crippen LogP contribution >= 0.6 is 15.9 Å². The Labute approximate surface area is 119 Å². The molecule has 1 rings (SSSR count). The molecule has 0 fully saturated rings. The van der Waals surface area contributed by atoms with E-state index in [1.807, 2.05) is 0 Å². The van der Waals surface area contributed by atoms with Gasteiger partial charge in [-0.05, 0) is 47.1 Å². The van der Waals surface area contributed by atoms with Crippen LogP contribution in [0.2, 0.25) is 0 Å². The van der Waals surface area contributed by atoms with E-state index in [1.54, 1.807) is 7.11 Å². The molecule has 18 heavy (non-hydrogen) atoms. The molecule has 0 amide bonds. The monoisotopic (exact) mass is 314 g/mol. The Bertz CT molecular complexity index is 371. The van der Waals surface area contributed by atoms with Crippen LogP contribution in [0.15, 0.2) is 22.7 Å². The van der Waals surface area contributed by atoms with Gasteiger partial charge in [-0.1, -0.05) is 13.0 Å². The fourth-order valence-corrected chi connectivity index (χ4v) is 2.51. The van der Waals surface area contributed by atoms with Gasteiger partial charge in [-0.25, -0.2) is 0 Å². The molecule has 0 aliphatic heterocycles. The summed E-state index contributed by atoms with van der Waals surface area (Å²) in [6, 6.07) is 6.85. The zero-order valence-electron chi connectivity index (χ0n) is 11.7. The highest BCUT2D eigenvalue weighted by molar-refractivity contribution is 9.10. The molecule has 102 valence electrons. The first-order valence-electron chi connectivity index (χ1n) is 6.31. The third kappa shape index (κ3) is 4.26. The van der Waals surface area contributed by atoms with E-state index in [0.717, 1.165) is 24.2 Å². The van der Waals surface area contributed by atoms with Crippen LogP contribution in [0.25, 0.3) is 0 Å².